The number of rotatable bonds is 43. The van der Waals surface area contributed by atoms with Gasteiger partial charge in [0, 0.05) is 12.8 Å². The zero-order valence-corrected chi connectivity index (χ0v) is 40.1. The van der Waals surface area contributed by atoms with E-state index < -0.39 is 49.4 Å². The van der Waals surface area contributed by atoms with E-state index in [-0.39, 0.29) is 32.0 Å². The third-order valence-electron chi connectivity index (χ3n) is 11.7. The number of hydrogen-bond donors (Lipinski definition) is 4. The summed E-state index contributed by atoms with van der Waals surface area (Å²) in [4.78, 5) is 25.4. The van der Waals surface area contributed by atoms with Gasteiger partial charge < -0.3 is 39.4 Å². The third-order valence-corrected chi connectivity index (χ3v) is 11.7. The highest BCUT2D eigenvalue weighted by Crippen LogP contribution is 2.23. The van der Waals surface area contributed by atoms with Crippen LogP contribution in [0.4, 0.5) is 0 Å². The van der Waals surface area contributed by atoms with Gasteiger partial charge in [-0.25, -0.2) is 0 Å². The minimum absolute atomic E-state index is 0.193. The Labute approximate surface area is 384 Å². The zero-order chi connectivity index (χ0) is 45.9. The van der Waals surface area contributed by atoms with Crippen LogP contribution in [0.5, 0.6) is 0 Å². The molecule has 63 heavy (non-hydrogen) atoms. The summed E-state index contributed by atoms with van der Waals surface area (Å²) < 4.78 is 22.2. The molecule has 1 fully saturated rings. The third kappa shape index (κ3) is 34.6. The summed E-state index contributed by atoms with van der Waals surface area (Å²) in [6, 6.07) is 0. The van der Waals surface area contributed by atoms with Crippen molar-refractivity contribution in [1.82, 2.24) is 0 Å². The van der Waals surface area contributed by atoms with Crippen LogP contribution >= 0.6 is 0 Å². The average Bonchev–Trinajstić information content (AvgIpc) is 3.28. The van der Waals surface area contributed by atoms with E-state index in [0.717, 1.165) is 64.2 Å². The molecule has 1 aliphatic heterocycles. The van der Waals surface area contributed by atoms with Gasteiger partial charge in [-0.2, -0.15) is 0 Å². The number of esters is 2. The molecule has 6 atom stereocenters. The molecule has 0 aromatic carbocycles. The Morgan fingerprint density at radius 3 is 1.40 bits per heavy atom. The lowest BCUT2D eigenvalue weighted by molar-refractivity contribution is -0.305. The molecule has 0 amide bonds. The topological polar surface area (TPSA) is 152 Å². The summed E-state index contributed by atoms with van der Waals surface area (Å²) in [5.74, 6) is -0.836. The fraction of sp³-hybridized carbons (Fsp3) is 0.811. The van der Waals surface area contributed by atoms with Gasteiger partial charge in [-0.3, -0.25) is 9.59 Å². The van der Waals surface area contributed by atoms with Gasteiger partial charge in [0.25, 0.3) is 0 Å². The largest absolute Gasteiger partial charge is 0.462 e. The molecule has 1 heterocycles. The van der Waals surface area contributed by atoms with Crippen LogP contribution in [0.15, 0.2) is 48.6 Å². The van der Waals surface area contributed by atoms with Gasteiger partial charge in [-0.15, -0.1) is 0 Å². The lowest BCUT2D eigenvalue weighted by Crippen LogP contribution is -2.59. The highest BCUT2D eigenvalue weighted by atomic mass is 16.7. The first-order valence-electron chi connectivity index (χ1n) is 25.7. The van der Waals surface area contributed by atoms with Gasteiger partial charge >= 0.3 is 11.9 Å². The van der Waals surface area contributed by atoms with E-state index in [2.05, 4.69) is 62.5 Å². The first-order valence-corrected chi connectivity index (χ1v) is 25.7. The smallest absolute Gasteiger partial charge is 0.306 e. The second-order valence-electron chi connectivity index (χ2n) is 17.6. The molecule has 366 valence electrons. The van der Waals surface area contributed by atoms with Crippen LogP contribution in [0.3, 0.4) is 0 Å². The molecule has 1 rings (SSSR count). The number of unbranched alkanes of at least 4 members (excludes halogenated alkanes) is 24. The molecule has 0 spiro atoms. The quantitative estimate of drug-likeness (QED) is 0.0264. The lowest BCUT2D eigenvalue weighted by Gasteiger charge is -2.39. The molecule has 0 radical (unpaired) electrons. The van der Waals surface area contributed by atoms with E-state index in [1.165, 1.54) is 122 Å². The molecule has 10 heteroatoms. The van der Waals surface area contributed by atoms with Crippen LogP contribution in [0, 0.1) is 0 Å². The predicted molar refractivity (Wildman–Crippen MR) is 256 cm³/mol. The van der Waals surface area contributed by atoms with E-state index in [1.54, 1.807) is 0 Å². The number of allylic oxidation sites excluding steroid dienone is 8. The summed E-state index contributed by atoms with van der Waals surface area (Å²) in [6.45, 7) is 3.35. The monoisotopic (exact) mass is 891 g/mol. The van der Waals surface area contributed by atoms with Crippen LogP contribution in [0.1, 0.15) is 219 Å². The van der Waals surface area contributed by atoms with Crippen LogP contribution in [-0.4, -0.2) is 89.0 Å². The molecule has 0 bridgehead atoms. The fourth-order valence-electron chi connectivity index (χ4n) is 7.65. The molecule has 1 saturated heterocycles. The Morgan fingerprint density at radius 2 is 0.921 bits per heavy atom. The maximum absolute atomic E-state index is 12.8. The van der Waals surface area contributed by atoms with Crippen molar-refractivity contribution in [2.45, 2.75) is 256 Å². The predicted octanol–water partition coefficient (Wildman–Crippen LogP) is 12.0. The highest BCUT2D eigenvalue weighted by Gasteiger charge is 2.44. The van der Waals surface area contributed by atoms with Gasteiger partial charge in [-0.1, -0.05) is 204 Å². The number of hydrogen-bond acceptors (Lipinski definition) is 10. The van der Waals surface area contributed by atoms with E-state index in [4.69, 9.17) is 18.9 Å². The van der Waals surface area contributed by atoms with Crippen LogP contribution < -0.4 is 0 Å². The number of aliphatic hydroxyl groups excluding tert-OH is 4. The molecule has 0 aromatic rings. The average molecular weight is 891 g/mol. The van der Waals surface area contributed by atoms with Crippen molar-refractivity contribution in [1.29, 1.82) is 0 Å². The molecule has 0 aliphatic carbocycles. The summed E-state index contributed by atoms with van der Waals surface area (Å²) in [6.07, 6.45) is 45.5. The van der Waals surface area contributed by atoms with Gasteiger partial charge in [0.1, 0.15) is 31.0 Å². The number of aliphatic hydroxyl groups is 4. The normalized spacial score (nSPS) is 19.9. The van der Waals surface area contributed by atoms with E-state index in [1.807, 2.05) is 0 Å². The van der Waals surface area contributed by atoms with E-state index in [9.17, 15) is 30.0 Å². The zero-order valence-electron chi connectivity index (χ0n) is 40.1. The number of ether oxygens (including phenoxy) is 4. The SMILES string of the molecule is CCC/C=C/C/C=C/C/C=C/C/C=C/CCCCCC(=O)O[C@@H](COC(=O)CCCCCCCCCCCCCCCCCCCCCCC)CO[C@H]1O[C@@H](CO)[C@@H](O)C(O)C1O. The van der Waals surface area contributed by atoms with Crippen molar-refractivity contribution in [3.63, 3.8) is 0 Å². The summed E-state index contributed by atoms with van der Waals surface area (Å²) in [5.41, 5.74) is 0. The second kappa shape index (κ2) is 43.5. The van der Waals surface area contributed by atoms with Crippen molar-refractivity contribution in [2.75, 3.05) is 19.8 Å². The fourth-order valence-corrected chi connectivity index (χ4v) is 7.65. The van der Waals surface area contributed by atoms with Crippen molar-refractivity contribution in [2.24, 2.45) is 0 Å². The number of carbonyl (C=O) groups excluding carboxylic acids is 2. The van der Waals surface area contributed by atoms with Crippen LogP contribution in [0.2, 0.25) is 0 Å². The van der Waals surface area contributed by atoms with Crippen molar-refractivity contribution in [3.8, 4) is 0 Å². The van der Waals surface area contributed by atoms with Crippen molar-refractivity contribution < 1.29 is 49.0 Å². The Hall–Kier alpha value is -2.34. The summed E-state index contributed by atoms with van der Waals surface area (Å²) >= 11 is 0. The molecular formula is C53H94O10. The Bertz CT molecular complexity index is 1170. The van der Waals surface area contributed by atoms with E-state index >= 15 is 0 Å². The highest BCUT2D eigenvalue weighted by molar-refractivity contribution is 5.70. The van der Waals surface area contributed by atoms with Crippen molar-refractivity contribution >= 4 is 11.9 Å². The second-order valence-corrected chi connectivity index (χ2v) is 17.6. The van der Waals surface area contributed by atoms with E-state index in [0.29, 0.717) is 6.42 Å². The maximum atomic E-state index is 12.8. The van der Waals surface area contributed by atoms with Gasteiger partial charge in [0.2, 0.25) is 0 Å². The van der Waals surface area contributed by atoms with Gasteiger partial charge in [0.05, 0.1) is 13.2 Å². The molecule has 4 N–H and O–H groups in total. The summed E-state index contributed by atoms with van der Waals surface area (Å²) in [7, 11) is 0. The Kier molecular flexibility index (Phi) is 40.6. The maximum Gasteiger partial charge on any atom is 0.306 e. The first kappa shape index (κ1) is 58.7. The minimum atomic E-state index is -1.60. The molecule has 2 unspecified atom stereocenters. The lowest BCUT2D eigenvalue weighted by atomic mass is 9.99. The van der Waals surface area contributed by atoms with Gasteiger partial charge in [0.15, 0.2) is 12.4 Å². The van der Waals surface area contributed by atoms with Gasteiger partial charge in [-0.05, 0) is 51.4 Å². The molecule has 0 saturated carbocycles. The van der Waals surface area contributed by atoms with Crippen LogP contribution in [0.25, 0.3) is 0 Å². The molecular weight excluding hydrogens is 797 g/mol. The van der Waals surface area contributed by atoms with Crippen LogP contribution in [-0.2, 0) is 28.5 Å². The minimum Gasteiger partial charge on any atom is -0.462 e. The first-order chi connectivity index (χ1) is 30.8. The van der Waals surface area contributed by atoms with Crippen molar-refractivity contribution in [3.05, 3.63) is 48.6 Å². The Morgan fingerprint density at radius 1 is 0.492 bits per heavy atom. The molecule has 1 aliphatic rings. The molecule has 10 nitrogen and oxygen atoms in total. The molecule has 0 aromatic heterocycles. The Balaban J connectivity index is 2.27. The summed E-state index contributed by atoms with van der Waals surface area (Å²) in [5, 5.41) is 40.2. The number of carbonyl (C=O) groups is 2. The standard InChI is InChI=1S/C53H94O10/c1-3-5-7-9-11-13-15-17-19-21-22-23-24-26-27-29-31-33-35-37-39-41-48(55)60-44-46(45-61-53-52(59)51(58)50(57)47(43-54)63-53)62-49(56)42-40-38-36-34-32-30-28-25-20-18-16-14-12-10-8-6-4-2/h8,10,14,16,20,25,30,32,46-47,50-54,57-59H,3-7,9,11-13,15,17-19,21-24,26-29,31,33-45H2,1-2H3/b10-8+,16-14+,25-20+,32-30+/t46-,47-,50+,51?,52?,53-/m0/s1.